The average molecular weight is 392 g/mol. The molecule has 2 rings (SSSR count). The van der Waals surface area contributed by atoms with Crippen LogP contribution in [0.2, 0.25) is 5.02 Å². The van der Waals surface area contributed by atoms with E-state index in [0.29, 0.717) is 16.3 Å². The van der Waals surface area contributed by atoms with Crippen molar-refractivity contribution in [1.82, 2.24) is 5.32 Å². The molecule has 2 aromatic carbocycles. The third-order valence-corrected chi connectivity index (χ3v) is 3.98. The van der Waals surface area contributed by atoms with E-state index in [0.717, 1.165) is 5.56 Å². The Morgan fingerprint density at radius 3 is 2.09 bits per heavy atom. The summed E-state index contributed by atoms with van der Waals surface area (Å²) in [6.07, 6.45) is -0.914. The van der Waals surface area contributed by atoms with Crippen LogP contribution in [0.1, 0.15) is 15.9 Å². The molecular formula is C16H14Cl4N2O. The summed E-state index contributed by atoms with van der Waals surface area (Å²) in [5.41, 5.74) is 2.20. The minimum Gasteiger partial charge on any atom is -0.362 e. The van der Waals surface area contributed by atoms with E-state index >= 15 is 0 Å². The van der Waals surface area contributed by atoms with Crippen molar-refractivity contribution in [2.45, 2.75) is 16.9 Å². The number of rotatable bonds is 4. The van der Waals surface area contributed by atoms with Gasteiger partial charge in [0.05, 0.1) is 0 Å². The topological polar surface area (TPSA) is 41.1 Å². The Hall–Kier alpha value is -1.13. The van der Waals surface area contributed by atoms with Gasteiger partial charge in [0.2, 0.25) is 3.79 Å². The molecule has 0 aromatic heterocycles. The molecule has 0 saturated carbocycles. The van der Waals surface area contributed by atoms with Crippen molar-refractivity contribution in [2.75, 3.05) is 5.32 Å². The Bertz CT molecular complexity index is 666. The highest BCUT2D eigenvalue weighted by molar-refractivity contribution is 6.68. The number of nitrogens with one attached hydrogen (secondary N) is 2. The molecule has 0 heterocycles. The molecule has 2 N–H and O–H groups in total. The Kier molecular flexibility index (Phi) is 6.04. The zero-order chi connectivity index (χ0) is 17.0. The number of hydrogen-bond acceptors (Lipinski definition) is 2. The molecule has 0 saturated heterocycles. The summed E-state index contributed by atoms with van der Waals surface area (Å²) in [7, 11) is 0. The molecule has 0 aliphatic heterocycles. The summed E-state index contributed by atoms with van der Waals surface area (Å²) < 4.78 is -1.74. The van der Waals surface area contributed by atoms with Gasteiger partial charge < -0.3 is 10.6 Å². The summed E-state index contributed by atoms with van der Waals surface area (Å²) >= 11 is 23.7. The summed E-state index contributed by atoms with van der Waals surface area (Å²) in [5, 5.41) is 6.24. The van der Waals surface area contributed by atoms with Crippen LogP contribution >= 0.6 is 46.4 Å². The van der Waals surface area contributed by atoms with E-state index in [9.17, 15) is 4.79 Å². The van der Waals surface area contributed by atoms with E-state index < -0.39 is 9.96 Å². The second kappa shape index (κ2) is 7.63. The standard InChI is InChI=1S/C16H14Cl4N2O/c1-10-2-4-11(5-3-10)14(23)22-15(16(18,19)20)21-13-8-6-12(17)7-9-13/h2-9,15,21H,1H3,(H,22,23)/t15-/m1/s1. The molecule has 2 aromatic rings. The number of aryl methyl sites for hydroxylation is 1. The van der Waals surface area contributed by atoms with E-state index in [2.05, 4.69) is 10.6 Å². The van der Waals surface area contributed by atoms with E-state index in [-0.39, 0.29) is 5.91 Å². The van der Waals surface area contributed by atoms with Gasteiger partial charge in [-0.25, -0.2) is 0 Å². The lowest BCUT2D eigenvalue weighted by atomic mass is 10.1. The maximum Gasteiger partial charge on any atom is 0.252 e. The molecule has 0 radical (unpaired) electrons. The third kappa shape index (κ3) is 5.47. The molecule has 122 valence electrons. The third-order valence-electron chi connectivity index (χ3n) is 3.07. The summed E-state index contributed by atoms with van der Waals surface area (Å²) in [6, 6.07) is 13.9. The Labute approximate surface area is 154 Å². The van der Waals surface area contributed by atoms with Crippen LogP contribution in [0, 0.1) is 6.92 Å². The normalized spacial score (nSPS) is 12.6. The second-order valence-electron chi connectivity index (χ2n) is 4.97. The van der Waals surface area contributed by atoms with Gasteiger partial charge in [0.15, 0.2) is 0 Å². The first-order chi connectivity index (χ1) is 10.8. The Balaban J connectivity index is 2.14. The predicted molar refractivity (Wildman–Crippen MR) is 97.8 cm³/mol. The maximum atomic E-state index is 12.3. The smallest absolute Gasteiger partial charge is 0.252 e. The van der Waals surface area contributed by atoms with Crippen molar-refractivity contribution < 1.29 is 4.79 Å². The fraction of sp³-hybridized carbons (Fsp3) is 0.188. The molecule has 0 bridgehead atoms. The van der Waals surface area contributed by atoms with Crippen molar-refractivity contribution in [2.24, 2.45) is 0 Å². The molecular weight excluding hydrogens is 378 g/mol. The highest BCUT2D eigenvalue weighted by Gasteiger charge is 2.34. The van der Waals surface area contributed by atoms with E-state index in [1.807, 2.05) is 19.1 Å². The van der Waals surface area contributed by atoms with Gasteiger partial charge in [0.25, 0.3) is 5.91 Å². The van der Waals surface area contributed by atoms with Crippen molar-refractivity contribution in [3.63, 3.8) is 0 Å². The molecule has 0 fully saturated rings. The minimum absolute atomic E-state index is 0.345. The molecule has 0 aliphatic carbocycles. The number of benzene rings is 2. The first-order valence-electron chi connectivity index (χ1n) is 6.72. The Morgan fingerprint density at radius 1 is 1.00 bits per heavy atom. The number of hydrogen-bond donors (Lipinski definition) is 2. The monoisotopic (exact) mass is 390 g/mol. The van der Waals surface area contributed by atoms with Gasteiger partial charge in [-0.3, -0.25) is 4.79 Å². The highest BCUT2D eigenvalue weighted by Crippen LogP contribution is 2.31. The van der Waals surface area contributed by atoms with Crippen molar-refractivity contribution in [3.05, 3.63) is 64.7 Å². The van der Waals surface area contributed by atoms with Crippen LogP contribution < -0.4 is 10.6 Å². The molecule has 0 spiro atoms. The molecule has 0 aliphatic rings. The number of carbonyl (C=O) groups excluding carboxylic acids is 1. The van der Waals surface area contributed by atoms with Gasteiger partial charge in [0.1, 0.15) is 6.17 Å². The van der Waals surface area contributed by atoms with Gasteiger partial charge in [0, 0.05) is 16.3 Å². The summed E-state index contributed by atoms with van der Waals surface area (Å²) in [6.45, 7) is 1.94. The fourth-order valence-corrected chi connectivity index (χ4v) is 2.29. The number of carbonyl (C=O) groups is 1. The number of halogens is 4. The summed E-state index contributed by atoms with van der Waals surface area (Å²) in [4.78, 5) is 12.3. The van der Waals surface area contributed by atoms with Crippen molar-refractivity contribution in [3.8, 4) is 0 Å². The van der Waals surface area contributed by atoms with Gasteiger partial charge in [-0.05, 0) is 43.3 Å². The van der Waals surface area contributed by atoms with E-state index in [4.69, 9.17) is 46.4 Å². The fourth-order valence-electron chi connectivity index (χ4n) is 1.83. The van der Waals surface area contributed by atoms with Crippen LogP contribution in [0.15, 0.2) is 48.5 Å². The van der Waals surface area contributed by atoms with Crippen LogP contribution in [0.5, 0.6) is 0 Å². The zero-order valence-corrected chi connectivity index (χ0v) is 15.1. The molecule has 1 amide bonds. The average Bonchev–Trinajstić information content (AvgIpc) is 2.48. The zero-order valence-electron chi connectivity index (χ0n) is 12.1. The summed E-state index contributed by atoms with van der Waals surface area (Å²) in [5.74, 6) is -0.345. The van der Waals surface area contributed by atoms with Crippen molar-refractivity contribution >= 4 is 58.0 Å². The molecule has 23 heavy (non-hydrogen) atoms. The van der Waals surface area contributed by atoms with Crippen molar-refractivity contribution in [1.29, 1.82) is 0 Å². The van der Waals surface area contributed by atoms with Gasteiger partial charge in [-0.2, -0.15) is 0 Å². The van der Waals surface area contributed by atoms with E-state index in [1.54, 1.807) is 36.4 Å². The van der Waals surface area contributed by atoms with Gasteiger partial charge in [-0.1, -0.05) is 64.1 Å². The molecule has 3 nitrogen and oxygen atoms in total. The quantitative estimate of drug-likeness (QED) is 0.556. The van der Waals surface area contributed by atoms with Crippen LogP contribution in [0.25, 0.3) is 0 Å². The number of anilines is 1. The molecule has 0 unspecified atom stereocenters. The second-order valence-corrected chi connectivity index (χ2v) is 7.77. The lowest BCUT2D eigenvalue weighted by Crippen LogP contribution is -2.49. The lowest BCUT2D eigenvalue weighted by Gasteiger charge is -2.27. The van der Waals surface area contributed by atoms with E-state index in [1.165, 1.54) is 0 Å². The lowest BCUT2D eigenvalue weighted by molar-refractivity contribution is 0.0942. The van der Waals surface area contributed by atoms with Gasteiger partial charge in [-0.15, -0.1) is 0 Å². The minimum atomic E-state index is -1.74. The number of alkyl halides is 3. The van der Waals surface area contributed by atoms with Gasteiger partial charge >= 0.3 is 0 Å². The predicted octanol–water partition coefficient (Wildman–Crippen LogP) is 5.19. The maximum absolute atomic E-state index is 12.3. The number of amides is 1. The first-order valence-corrected chi connectivity index (χ1v) is 8.23. The van der Waals surface area contributed by atoms with Crippen LogP contribution in [-0.2, 0) is 0 Å². The molecule has 1 atom stereocenters. The van der Waals surface area contributed by atoms with Crippen LogP contribution in [0.4, 0.5) is 5.69 Å². The SMILES string of the molecule is Cc1ccc(C(=O)N[C@@H](Nc2ccc(Cl)cc2)C(Cl)(Cl)Cl)cc1. The Morgan fingerprint density at radius 2 is 1.57 bits per heavy atom. The molecule has 7 heteroatoms. The first kappa shape index (κ1) is 18.2. The highest BCUT2D eigenvalue weighted by atomic mass is 35.6. The van der Waals surface area contributed by atoms with Crippen LogP contribution in [-0.4, -0.2) is 15.9 Å². The van der Waals surface area contributed by atoms with Crippen LogP contribution in [0.3, 0.4) is 0 Å². The largest absolute Gasteiger partial charge is 0.362 e.